The molecule has 0 N–H and O–H groups in total. The molecule has 0 spiro atoms. The molecular formula is C10H15ClN2OS. The predicted octanol–water partition coefficient (Wildman–Crippen LogP) is 2.82. The highest BCUT2D eigenvalue weighted by Gasteiger charge is 2.07. The third kappa shape index (κ3) is 3.97. The molecule has 0 atom stereocenters. The molecule has 0 aliphatic rings. The van der Waals surface area contributed by atoms with Crippen LogP contribution in [-0.4, -0.2) is 29.4 Å². The molecule has 0 unspecified atom stereocenters. The Morgan fingerprint density at radius 3 is 2.93 bits per heavy atom. The summed E-state index contributed by atoms with van der Waals surface area (Å²) in [6.07, 6.45) is 3.40. The lowest BCUT2D eigenvalue weighted by Gasteiger charge is -2.06. The number of hydrogen-bond acceptors (Lipinski definition) is 4. The van der Waals surface area contributed by atoms with Gasteiger partial charge in [0.2, 0.25) is 0 Å². The fourth-order valence-electron chi connectivity index (χ4n) is 1.17. The highest BCUT2D eigenvalue weighted by atomic mass is 35.5. The smallest absolute Gasteiger partial charge is 0.136 e. The van der Waals surface area contributed by atoms with Gasteiger partial charge in [-0.25, -0.2) is 9.97 Å². The first-order valence-electron chi connectivity index (χ1n) is 4.90. The van der Waals surface area contributed by atoms with Crippen LogP contribution in [0.1, 0.15) is 18.9 Å². The SMILES string of the molecule is CCc1c(Cl)ncnc1SCCCOC. The van der Waals surface area contributed by atoms with Crippen molar-refractivity contribution >= 4 is 23.4 Å². The molecule has 0 radical (unpaired) electrons. The maximum absolute atomic E-state index is 5.98. The van der Waals surface area contributed by atoms with Crippen molar-refractivity contribution in [3.8, 4) is 0 Å². The fraction of sp³-hybridized carbons (Fsp3) is 0.600. The van der Waals surface area contributed by atoms with Gasteiger partial charge in [-0.3, -0.25) is 0 Å². The van der Waals surface area contributed by atoms with Crippen LogP contribution in [-0.2, 0) is 11.2 Å². The summed E-state index contributed by atoms with van der Waals surface area (Å²) >= 11 is 7.69. The number of nitrogens with zero attached hydrogens (tertiary/aromatic N) is 2. The molecule has 1 aromatic rings. The molecule has 15 heavy (non-hydrogen) atoms. The number of hydrogen-bond donors (Lipinski definition) is 0. The lowest BCUT2D eigenvalue weighted by molar-refractivity contribution is 0.200. The molecule has 1 rings (SSSR count). The largest absolute Gasteiger partial charge is 0.385 e. The zero-order chi connectivity index (χ0) is 11.1. The maximum atomic E-state index is 5.98. The summed E-state index contributed by atoms with van der Waals surface area (Å²) in [7, 11) is 1.71. The normalized spacial score (nSPS) is 10.6. The zero-order valence-electron chi connectivity index (χ0n) is 8.99. The number of methoxy groups -OCH3 is 1. The van der Waals surface area contributed by atoms with Crippen molar-refractivity contribution in [2.24, 2.45) is 0 Å². The number of thioether (sulfide) groups is 1. The Morgan fingerprint density at radius 1 is 1.47 bits per heavy atom. The van der Waals surface area contributed by atoms with Crippen LogP contribution in [0.3, 0.4) is 0 Å². The molecule has 0 aliphatic carbocycles. The van der Waals surface area contributed by atoms with Gasteiger partial charge in [-0.1, -0.05) is 18.5 Å². The number of ether oxygens (including phenoxy) is 1. The van der Waals surface area contributed by atoms with Crippen molar-refractivity contribution in [3.05, 3.63) is 17.0 Å². The van der Waals surface area contributed by atoms with Gasteiger partial charge in [0.05, 0.1) is 0 Å². The lowest BCUT2D eigenvalue weighted by atomic mass is 10.3. The van der Waals surface area contributed by atoms with Gasteiger partial charge in [-0.2, -0.15) is 0 Å². The van der Waals surface area contributed by atoms with E-state index in [1.165, 1.54) is 6.33 Å². The molecule has 1 aromatic heterocycles. The summed E-state index contributed by atoms with van der Waals surface area (Å²) in [5, 5.41) is 1.57. The van der Waals surface area contributed by atoms with E-state index < -0.39 is 0 Å². The Morgan fingerprint density at radius 2 is 2.27 bits per heavy atom. The number of aromatic nitrogens is 2. The first kappa shape index (κ1) is 12.7. The van der Waals surface area contributed by atoms with Gasteiger partial charge in [0.1, 0.15) is 16.5 Å². The van der Waals surface area contributed by atoms with Gasteiger partial charge < -0.3 is 4.74 Å². The van der Waals surface area contributed by atoms with Crippen LogP contribution in [0.4, 0.5) is 0 Å². The Hall–Kier alpha value is -0.320. The molecular weight excluding hydrogens is 232 g/mol. The van der Waals surface area contributed by atoms with E-state index in [4.69, 9.17) is 16.3 Å². The number of halogens is 1. The minimum atomic E-state index is 0.571. The van der Waals surface area contributed by atoms with Crippen LogP contribution in [0, 0.1) is 0 Å². The van der Waals surface area contributed by atoms with Crippen molar-refractivity contribution in [3.63, 3.8) is 0 Å². The van der Waals surface area contributed by atoms with E-state index >= 15 is 0 Å². The Bertz CT molecular complexity index is 309. The van der Waals surface area contributed by atoms with Gasteiger partial charge in [-0.05, 0) is 12.8 Å². The van der Waals surface area contributed by atoms with Crippen LogP contribution >= 0.6 is 23.4 Å². The van der Waals surface area contributed by atoms with Crippen molar-refractivity contribution in [1.29, 1.82) is 0 Å². The molecule has 0 fully saturated rings. The van der Waals surface area contributed by atoms with E-state index in [1.54, 1.807) is 18.9 Å². The van der Waals surface area contributed by atoms with Crippen LogP contribution in [0.2, 0.25) is 5.15 Å². The summed E-state index contributed by atoms with van der Waals surface area (Å²) in [6.45, 7) is 2.84. The van der Waals surface area contributed by atoms with E-state index in [1.807, 2.05) is 0 Å². The van der Waals surface area contributed by atoms with Crippen molar-refractivity contribution in [2.75, 3.05) is 19.5 Å². The first-order valence-corrected chi connectivity index (χ1v) is 6.27. The molecule has 84 valence electrons. The second-order valence-corrected chi connectivity index (χ2v) is 4.44. The Labute approximate surface area is 99.6 Å². The monoisotopic (exact) mass is 246 g/mol. The molecule has 0 saturated heterocycles. The summed E-state index contributed by atoms with van der Waals surface area (Å²) in [5.74, 6) is 0.994. The van der Waals surface area contributed by atoms with E-state index in [9.17, 15) is 0 Å². The van der Waals surface area contributed by atoms with E-state index in [0.29, 0.717) is 5.15 Å². The number of rotatable bonds is 6. The van der Waals surface area contributed by atoms with Gasteiger partial charge in [0.15, 0.2) is 0 Å². The van der Waals surface area contributed by atoms with Crippen LogP contribution in [0.15, 0.2) is 11.4 Å². The average Bonchev–Trinajstić information content (AvgIpc) is 2.24. The standard InChI is InChI=1S/C10H15ClN2OS/c1-3-8-9(11)12-7-13-10(8)15-6-4-5-14-2/h7H,3-6H2,1-2H3. The minimum Gasteiger partial charge on any atom is -0.385 e. The molecule has 0 aromatic carbocycles. The maximum Gasteiger partial charge on any atom is 0.136 e. The van der Waals surface area contributed by atoms with Crippen molar-refractivity contribution < 1.29 is 4.74 Å². The van der Waals surface area contributed by atoms with E-state index in [2.05, 4.69) is 16.9 Å². The molecule has 0 saturated carbocycles. The molecule has 0 aliphatic heterocycles. The molecule has 5 heteroatoms. The van der Waals surface area contributed by atoms with E-state index in [-0.39, 0.29) is 0 Å². The summed E-state index contributed by atoms with van der Waals surface area (Å²) in [6, 6.07) is 0. The highest BCUT2D eigenvalue weighted by molar-refractivity contribution is 7.99. The third-order valence-corrected chi connectivity index (χ3v) is 3.38. The Balaban J connectivity index is 2.56. The van der Waals surface area contributed by atoms with Crippen molar-refractivity contribution in [1.82, 2.24) is 9.97 Å². The highest BCUT2D eigenvalue weighted by Crippen LogP contribution is 2.25. The van der Waals surface area contributed by atoms with Gasteiger partial charge in [0.25, 0.3) is 0 Å². The third-order valence-electron chi connectivity index (χ3n) is 1.94. The Kier molecular flexibility index (Phi) is 5.98. The van der Waals surface area contributed by atoms with Crippen LogP contribution in [0.5, 0.6) is 0 Å². The van der Waals surface area contributed by atoms with Crippen molar-refractivity contribution in [2.45, 2.75) is 24.8 Å². The molecule has 1 heterocycles. The molecule has 3 nitrogen and oxygen atoms in total. The zero-order valence-corrected chi connectivity index (χ0v) is 10.6. The van der Waals surface area contributed by atoms with E-state index in [0.717, 1.165) is 35.8 Å². The minimum absolute atomic E-state index is 0.571. The molecule has 0 amide bonds. The van der Waals surface area contributed by atoms with Gasteiger partial charge in [0, 0.05) is 25.0 Å². The predicted molar refractivity (Wildman–Crippen MR) is 63.6 cm³/mol. The van der Waals surface area contributed by atoms with Gasteiger partial charge >= 0.3 is 0 Å². The first-order chi connectivity index (χ1) is 7.29. The fourth-order valence-corrected chi connectivity index (χ4v) is 2.48. The molecule has 0 bridgehead atoms. The second-order valence-electron chi connectivity index (χ2n) is 3.00. The summed E-state index contributed by atoms with van der Waals surface area (Å²) in [4.78, 5) is 8.21. The van der Waals surface area contributed by atoms with Crippen LogP contribution in [0.25, 0.3) is 0 Å². The quantitative estimate of drug-likeness (QED) is 0.439. The second kappa shape index (κ2) is 7.04. The topological polar surface area (TPSA) is 35.0 Å². The van der Waals surface area contributed by atoms with Crippen LogP contribution < -0.4 is 0 Å². The summed E-state index contributed by atoms with van der Waals surface area (Å²) < 4.78 is 4.99. The van der Waals surface area contributed by atoms with Gasteiger partial charge in [-0.15, -0.1) is 11.8 Å². The average molecular weight is 247 g/mol. The lowest BCUT2D eigenvalue weighted by Crippen LogP contribution is -1.96. The summed E-state index contributed by atoms with van der Waals surface area (Å²) in [5.41, 5.74) is 1.04.